The van der Waals surface area contributed by atoms with Crippen LogP contribution in [0.1, 0.15) is 6.42 Å². The van der Waals surface area contributed by atoms with Crippen LogP contribution in [-0.4, -0.2) is 36.5 Å². The van der Waals surface area contributed by atoms with E-state index >= 15 is 0 Å². The molecule has 1 fully saturated rings. The zero-order chi connectivity index (χ0) is 13.0. The molecule has 0 saturated carbocycles. The molecule has 0 spiro atoms. The Morgan fingerprint density at radius 2 is 2.11 bits per heavy atom. The molecule has 96 valence electrons. The molecule has 0 bridgehead atoms. The highest BCUT2D eigenvalue weighted by Gasteiger charge is 2.19. The van der Waals surface area contributed by atoms with Crippen LogP contribution < -0.4 is 16.4 Å². The minimum absolute atomic E-state index is 0.102. The van der Waals surface area contributed by atoms with Crippen molar-refractivity contribution in [1.29, 1.82) is 0 Å². The fourth-order valence-corrected chi connectivity index (χ4v) is 1.75. The van der Waals surface area contributed by atoms with Gasteiger partial charge < -0.3 is 21.3 Å². The number of anilines is 2. The van der Waals surface area contributed by atoms with E-state index in [1.54, 1.807) is 29.2 Å². The first-order valence-electron chi connectivity index (χ1n) is 5.83. The van der Waals surface area contributed by atoms with Gasteiger partial charge in [0, 0.05) is 37.4 Å². The van der Waals surface area contributed by atoms with Crippen molar-refractivity contribution >= 4 is 23.3 Å². The molecule has 0 aliphatic carbocycles. The summed E-state index contributed by atoms with van der Waals surface area (Å²) in [5.74, 6) is -0.112. The van der Waals surface area contributed by atoms with Crippen LogP contribution in [0.3, 0.4) is 0 Å². The van der Waals surface area contributed by atoms with Gasteiger partial charge >= 0.3 is 6.03 Å². The van der Waals surface area contributed by atoms with Crippen LogP contribution >= 0.6 is 0 Å². The Morgan fingerprint density at radius 3 is 2.72 bits per heavy atom. The van der Waals surface area contributed by atoms with Gasteiger partial charge in [-0.3, -0.25) is 4.79 Å². The average Bonchev–Trinajstić information content (AvgIpc) is 2.75. The SMILES string of the molecule is Nc1ccc(NC(=O)CCN2CCNC2=O)cc1. The highest BCUT2D eigenvalue weighted by Crippen LogP contribution is 2.10. The van der Waals surface area contributed by atoms with Gasteiger partial charge in [-0.25, -0.2) is 4.79 Å². The molecule has 6 heteroatoms. The fraction of sp³-hybridized carbons (Fsp3) is 0.333. The molecule has 0 aromatic heterocycles. The Balaban J connectivity index is 1.78. The maximum absolute atomic E-state index is 11.7. The van der Waals surface area contributed by atoms with E-state index < -0.39 is 0 Å². The number of carbonyl (C=O) groups is 2. The molecule has 1 aromatic rings. The maximum Gasteiger partial charge on any atom is 0.317 e. The summed E-state index contributed by atoms with van der Waals surface area (Å²) in [5.41, 5.74) is 6.91. The van der Waals surface area contributed by atoms with E-state index in [1.165, 1.54) is 0 Å². The van der Waals surface area contributed by atoms with Crippen LogP contribution in [0.4, 0.5) is 16.2 Å². The van der Waals surface area contributed by atoms with Gasteiger partial charge in [0.25, 0.3) is 0 Å². The summed E-state index contributed by atoms with van der Waals surface area (Å²) in [6, 6.07) is 6.84. The standard InChI is InChI=1S/C12H16N4O2/c13-9-1-3-10(4-2-9)15-11(17)5-7-16-8-6-14-12(16)18/h1-4H,5-8,13H2,(H,14,18)(H,15,17). The van der Waals surface area contributed by atoms with Gasteiger partial charge in [0.15, 0.2) is 0 Å². The van der Waals surface area contributed by atoms with E-state index in [-0.39, 0.29) is 18.4 Å². The average molecular weight is 248 g/mol. The lowest BCUT2D eigenvalue weighted by Gasteiger charge is -2.13. The van der Waals surface area contributed by atoms with Gasteiger partial charge in [0.1, 0.15) is 0 Å². The molecule has 2 rings (SSSR count). The molecule has 6 nitrogen and oxygen atoms in total. The van der Waals surface area contributed by atoms with Crippen LogP contribution in [0, 0.1) is 0 Å². The quantitative estimate of drug-likeness (QED) is 0.683. The van der Waals surface area contributed by atoms with Crippen molar-refractivity contribution in [2.75, 3.05) is 30.7 Å². The van der Waals surface area contributed by atoms with E-state index in [2.05, 4.69) is 10.6 Å². The number of urea groups is 1. The lowest BCUT2D eigenvalue weighted by Crippen LogP contribution is -2.31. The smallest absolute Gasteiger partial charge is 0.317 e. The summed E-state index contributed by atoms with van der Waals surface area (Å²) < 4.78 is 0. The highest BCUT2D eigenvalue weighted by atomic mass is 16.2. The molecule has 0 atom stereocenters. The summed E-state index contributed by atoms with van der Waals surface area (Å²) in [6.45, 7) is 1.75. The first-order chi connectivity index (χ1) is 8.65. The molecule has 0 radical (unpaired) electrons. The van der Waals surface area contributed by atoms with Crippen molar-refractivity contribution < 1.29 is 9.59 Å². The zero-order valence-electron chi connectivity index (χ0n) is 9.98. The van der Waals surface area contributed by atoms with Crippen LogP contribution in [0.15, 0.2) is 24.3 Å². The van der Waals surface area contributed by atoms with Crippen molar-refractivity contribution in [3.8, 4) is 0 Å². The summed E-state index contributed by atoms with van der Waals surface area (Å²) in [7, 11) is 0. The first kappa shape index (κ1) is 12.2. The Morgan fingerprint density at radius 1 is 1.39 bits per heavy atom. The Labute approximate surface area is 105 Å². The van der Waals surface area contributed by atoms with E-state index in [4.69, 9.17) is 5.73 Å². The minimum Gasteiger partial charge on any atom is -0.399 e. The van der Waals surface area contributed by atoms with Crippen molar-refractivity contribution in [1.82, 2.24) is 10.2 Å². The van der Waals surface area contributed by atoms with E-state index in [0.29, 0.717) is 31.0 Å². The molecule has 1 heterocycles. The van der Waals surface area contributed by atoms with Crippen molar-refractivity contribution in [3.63, 3.8) is 0 Å². The topological polar surface area (TPSA) is 87.5 Å². The highest BCUT2D eigenvalue weighted by molar-refractivity contribution is 5.91. The summed E-state index contributed by atoms with van der Waals surface area (Å²) in [5, 5.41) is 5.45. The summed E-state index contributed by atoms with van der Waals surface area (Å²) in [6.07, 6.45) is 0.289. The lowest BCUT2D eigenvalue weighted by molar-refractivity contribution is -0.116. The molecule has 3 amide bonds. The summed E-state index contributed by atoms with van der Waals surface area (Å²) >= 11 is 0. The number of amides is 3. The van der Waals surface area contributed by atoms with Crippen molar-refractivity contribution in [2.45, 2.75) is 6.42 Å². The molecule has 4 N–H and O–H groups in total. The zero-order valence-corrected chi connectivity index (χ0v) is 9.98. The third kappa shape index (κ3) is 3.13. The number of carbonyl (C=O) groups excluding carboxylic acids is 2. The summed E-state index contributed by atoms with van der Waals surface area (Å²) in [4.78, 5) is 24.5. The molecule has 0 unspecified atom stereocenters. The first-order valence-corrected chi connectivity index (χ1v) is 5.83. The van der Waals surface area contributed by atoms with Crippen LogP contribution in [0.5, 0.6) is 0 Å². The second kappa shape index (κ2) is 5.39. The number of rotatable bonds is 4. The Hall–Kier alpha value is -2.24. The van der Waals surface area contributed by atoms with Crippen LogP contribution in [0.25, 0.3) is 0 Å². The van der Waals surface area contributed by atoms with Crippen LogP contribution in [0.2, 0.25) is 0 Å². The van der Waals surface area contributed by atoms with E-state index in [0.717, 1.165) is 0 Å². The molecule has 18 heavy (non-hydrogen) atoms. The lowest BCUT2D eigenvalue weighted by atomic mass is 10.2. The number of nitrogens with zero attached hydrogens (tertiary/aromatic N) is 1. The minimum atomic E-state index is -0.112. The molecular weight excluding hydrogens is 232 g/mol. The van der Waals surface area contributed by atoms with E-state index in [1.807, 2.05) is 0 Å². The molecule has 1 saturated heterocycles. The number of nitrogen functional groups attached to an aromatic ring is 1. The molecule has 1 aliphatic rings. The molecular formula is C12H16N4O2. The fourth-order valence-electron chi connectivity index (χ4n) is 1.75. The van der Waals surface area contributed by atoms with Gasteiger partial charge in [0.05, 0.1) is 0 Å². The van der Waals surface area contributed by atoms with Gasteiger partial charge in [-0.05, 0) is 24.3 Å². The largest absolute Gasteiger partial charge is 0.399 e. The third-order valence-electron chi connectivity index (χ3n) is 2.75. The van der Waals surface area contributed by atoms with Crippen LogP contribution in [-0.2, 0) is 4.79 Å². The second-order valence-corrected chi connectivity index (χ2v) is 4.14. The number of hydrogen-bond donors (Lipinski definition) is 3. The predicted molar refractivity (Wildman–Crippen MR) is 69.1 cm³/mol. The number of hydrogen-bond acceptors (Lipinski definition) is 3. The van der Waals surface area contributed by atoms with Gasteiger partial charge in [-0.2, -0.15) is 0 Å². The number of nitrogens with two attached hydrogens (primary N) is 1. The third-order valence-corrected chi connectivity index (χ3v) is 2.75. The maximum atomic E-state index is 11.7. The van der Waals surface area contributed by atoms with E-state index in [9.17, 15) is 9.59 Å². The molecule has 1 aromatic carbocycles. The Kier molecular flexibility index (Phi) is 3.66. The van der Waals surface area contributed by atoms with Gasteiger partial charge in [0.2, 0.25) is 5.91 Å². The molecule has 1 aliphatic heterocycles. The monoisotopic (exact) mass is 248 g/mol. The predicted octanol–water partition coefficient (Wildman–Crippen LogP) is 0.623. The normalized spacial score (nSPS) is 14.4. The van der Waals surface area contributed by atoms with Gasteiger partial charge in [-0.1, -0.05) is 0 Å². The number of nitrogens with one attached hydrogen (secondary N) is 2. The Bertz CT molecular complexity index is 444. The number of benzene rings is 1. The second-order valence-electron chi connectivity index (χ2n) is 4.14. The van der Waals surface area contributed by atoms with Crippen molar-refractivity contribution in [2.24, 2.45) is 0 Å². The van der Waals surface area contributed by atoms with Crippen molar-refractivity contribution in [3.05, 3.63) is 24.3 Å². The van der Waals surface area contributed by atoms with Gasteiger partial charge in [-0.15, -0.1) is 0 Å².